The van der Waals surface area contributed by atoms with Crippen molar-refractivity contribution in [2.75, 3.05) is 23.8 Å². The molecule has 0 fully saturated rings. The predicted molar refractivity (Wildman–Crippen MR) is 129 cm³/mol. The first-order chi connectivity index (χ1) is 16.4. The molecule has 10 heteroatoms. The molecule has 0 saturated heterocycles. The summed E-state index contributed by atoms with van der Waals surface area (Å²) in [6.45, 7) is 2.02. The molecular formula is C24H22N4O5S. The highest BCUT2D eigenvalue weighted by atomic mass is 32.2. The molecule has 0 aliphatic heterocycles. The summed E-state index contributed by atoms with van der Waals surface area (Å²) in [4.78, 5) is 21.0. The van der Waals surface area contributed by atoms with E-state index in [-0.39, 0.29) is 23.1 Å². The van der Waals surface area contributed by atoms with E-state index >= 15 is 0 Å². The average molecular weight is 479 g/mol. The summed E-state index contributed by atoms with van der Waals surface area (Å²) in [5, 5.41) is 3.08. The van der Waals surface area contributed by atoms with E-state index in [1.54, 1.807) is 61.5 Å². The quantitative estimate of drug-likeness (QED) is 0.359. The van der Waals surface area contributed by atoms with E-state index in [0.717, 1.165) is 0 Å². The number of hydrogen-bond acceptors (Lipinski definition) is 8. The molecule has 0 spiro atoms. The van der Waals surface area contributed by atoms with E-state index in [9.17, 15) is 13.2 Å². The fourth-order valence-corrected chi connectivity index (χ4v) is 4.15. The van der Waals surface area contributed by atoms with Crippen molar-refractivity contribution in [1.29, 1.82) is 0 Å². The Balaban J connectivity index is 1.68. The van der Waals surface area contributed by atoms with Crippen molar-refractivity contribution in [3.63, 3.8) is 0 Å². The second-order valence-corrected chi connectivity index (χ2v) is 8.80. The van der Waals surface area contributed by atoms with Gasteiger partial charge in [-0.2, -0.15) is 0 Å². The van der Waals surface area contributed by atoms with Crippen LogP contribution in [0.15, 0.2) is 77.7 Å². The standard InChI is InChI=1S/C24H22N4O5S/c1-3-33-24(29)16-8-10-17(11-9-16)25-22-23(27-21-7-5-4-6-20(21)26-22)28-34(30,31)19-14-12-18(32-2)13-15-19/h4-15H,3H2,1-2H3,(H,25,26)(H,27,28). The molecule has 3 aromatic carbocycles. The molecule has 0 atom stereocenters. The summed E-state index contributed by atoms with van der Waals surface area (Å²) in [5.74, 6) is 0.356. The molecule has 34 heavy (non-hydrogen) atoms. The van der Waals surface area contributed by atoms with E-state index < -0.39 is 16.0 Å². The first-order valence-electron chi connectivity index (χ1n) is 10.4. The molecule has 4 aromatic rings. The Morgan fingerprint density at radius 2 is 1.50 bits per heavy atom. The van der Waals surface area contributed by atoms with Crippen LogP contribution >= 0.6 is 0 Å². The zero-order valence-electron chi connectivity index (χ0n) is 18.5. The summed E-state index contributed by atoms with van der Waals surface area (Å²) in [6, 6.07) is 19.7. The number of fused-ring (bicyclic) bond motifs is 1. The monoisotopic (exact) mass is 478 g/mol. The summed E-state index contributed by atoms with van der Waals surface area (Å²) in [5.41, 5.74) is 2.10. The van der Waals surface area contributed by atoms with E-state index in [1.165, 1.54) is 19.2 Å². The van der Waals surface area contributed by atoms with Crippen LogP contribution in [0.1, 0.15) is 17.3 Å². The molecule has 0 bridgehead atoms. The van der Waals surface area contributed by atoms with Gasteiger partial charge < -0.3 is 14.8 Å². The zero-order valence-corrected chi connectivity index (χ0v) is 19.3. The molecule has 0 radical (unpaired) electrons. The molecule has 0 aliphatic rings. The van der Waals surface area contributed by atoms with Gasteiger partial charge in [0.05, 0.1) is 35.2 Å². The van der Waals surface area contributed by atoms with Crippen LogP contribution < -0.4 is 14.8 Å². The smallest absolute Gasteiger partial charge is 0.338 e. The number of ether oxygens (including phenoxy) is 2. The summed E-state index contributed by atoms with van der Waals surface area (Å²) >= 11 is 0. The lowest BCUT2D eigenvalue weighted by molar-refractivity contribution is 0.0526. The van der Waals surface area contributed by atoms with Crippen LogP contribution in [0.5, 0.6) is 5.75 Å². The number of benzene rings is 3. The Labute approximate surface area is 196 Å². The highest BCUT2D eigenvalue weighted by Gasteiger charge is 2.19. The largest absolute Gasteiger partial charge is 0.497 e. The third-order valence-electron chi connectivity index (χ3n) is 4.83. The van der Waals surface area contributed by atoms with Gasteiger partial charge in [0.25, 0.3) is 10.0 Å². The maximum atomic E-state index is 13.0. The molecule has 2 N–H and O–H groups in total. The van der Waals surface area contributed by atoms with Gasteiger partial charge in [0, 0.05) is 5.69 Å². The summed E-state index contributed by atoms with van der Waals surface area (Å²) in [6.07, 6.45) is 0. The summed E-state index contributed by atoms with van der Waals surface area (Å²) < 4.78 is 38.7. The second-order valence-electron chi connectivity index (χ2n) is 7.11. The number of carbonyl (C=O) groups is 1. The molecule has 1 aromatic heterocycles. The molecular weight excluding hydrogens is 456 g/mol. The second kappa shape index (κ2) is 9.75. The van der Waals surface area contributed by atoms with Crippen LogP contribution in [0.4, 0.5) is 17.3 Å². The molecule has 1 heterocycles. The Bertz CT molecular complexity index is 1420. The van der Waals surface area contributed by atoms with Crippen LogP contribution in [0, 0.1) is 0 Å². The average Bonchev–Trinajstić information content (AvgIpc) is 2.85. The fourth-order valence-electron chi connectivity index (χ4n) is 3.14. The highest BCUT2D eigenvalue weighted by molar-refractivity contribution is 7.92. The number of para-hydroxylation sites is 2. The SMILES string of the molecule is CCOC(=O)c1ccc(Nc2nc3ccccc3nc2NS(=O)(=O)c2ccc(OC)cc2)cc1. The minimum absolute atomic E-state index is 0.0315. The first-order valence-corrected chi connectivity index (χ1v) is 11.9. The van der Waals surface area contributed by atoms with E-state index in [4.69, 9.17) is 9.47 Å². The summed E-state index contributed by atoms with van der Waals surface area (Å²) in [7, 11) is -2.45. The molecule has 4 rings (SSSR count). The maximum Gasteiger partial charge on any atom is 0.338 e. The van der Waals surface area contributed by atoms with E-state index in [2.05, 4.69) is 20.0 Å². The Kier molecular flexibility index (Phi) is 6.60. The Hall–Kier alpha value is -4.18. The van der Waals surface area contributed by atoms with Crippen molar-refractivity contribution in [3.8, 4) is 5.75 Å². The molecule has 0 aliphatic carbocycles. The third-order valence-corrected chi connectivity index (χ3v) is 6.18. The van der Waals surface area contributed by atoms with Crippen molar-refractivity contribution >= 4 is 44.3 Å². The van der Waals surface area contributed by atoms with Crippen molar-refractivity contribution in [1.82, 2.24) is 9.97 Å². The number of carbonyl (C=O) groups excluding carboxylic acids is 1. The fraction of sp³-hybridized carbons (Fsp3) is 0.125. The zero-order chi connectivity index (χ0) is 24.1. The van der Waals surface area contributed by atoms with Crippen molar-refractivity contribution < 1.29 is 22.7 Å². The molecule has 0 saturated carbocycles. The number of rotatable bonds is 8. The van der Waals surface area contributed by atoms with Crippen LogP contribution in [0.2, 0.25) is 0 Å². The molecule has 0 amide bonds. The van der Waals surface area contributed by atoms with Gasteiger partial charge in [-0.15, -0.1) is 0 Å². The predicted octanol–water partition coefficient (Wildman–Crippen LogP) is 4.36. The van der Waals surface area contributed by atoms with Gasteiger partial charge >= 0.3 is 5.97 Å². The van der Waals surface area contributed by atoms with E-state index in [0.29, 0.717) is 28.0 Å². The topological polar surface area (TPSA) is 120 Å². The normalized spacial score (nSPS) is 11.1. The minimum atomic E-state index is -3.96. The number of esters is 1. The lowest BCUT2D eigenvalue weighted by atomic mass is 10.2. The third kappa shape index (κ3) is 5.07. The van der Waals surface area contributed by atoms with Crippen LogP contribution in [0.25, 0.3) is 11.0 Å². The first kappa shape index (κ1) is 23.0. The Morgan fingerprint density at radius 1 is 0.882 bits per heavy atom. The van der Waals surface area contributed by atoms with Gasteiger partial charge in [0.1, 0.15) is 5.75 Å². The van der Waals surface area contributed by atoms with Crippen LogP contribution in [-0.4, -0.2) is 38.1 Å². The van der Waals surface area contributed by atoms with Crippen LogP contribution in [-0.2, 0) is 14.8 Å². The van der Waals surface area contributed by atoms with Gasteiger partial charge in [0.2, 0.25) is 0 Å². The van der Waals surface area contributed by atoms with Gasteiger partial charge in [0.15, 0.2) is 11.6 Å². The van der Waals surface area contributed by atoms with Crippen molar-refractivity contribution in [2.45, 2.75) is 11.8 Å². The maximum absolute atomic E-state index is 13.0. The Morgan fingerprint density at radius 3 is 2.09 bits per heavy atom. The number of aromatic nitrogens is 2. The lowest BCUT2D eigenvalue weighted by Crippen LogP contribution is -2.16. The van der Waals surface area contributed by atoms with Gasteiger partial charge in [-0.1, -0.05) is 12.1 Å². The minimum Gasteiger partial charge on any atom is -0.497 e. The van der Waals surface area contributed by atoms with Gasteiger partial charge in [-0.3, -0.25) is 4.72 Å². The number of nitrogens with zero attached hydrogens (tertiary/aromatic N) is 2. The molecule has 174 valence electrons. The van der Waals surface area contributed by atoms with Crippen molar-refractivity contribution in [3.05, 3.63) is 78.4 Å². The molecule has 0 unspecified atom stereocenters. The van der Waals surface area contributed by atoms with Gasteiger partial charge in [-0.25, -0.2) is 23.2 Å². The lowest BCUT2D eigenvalue weighted by Gasteiger charge is -2.14. The highest BCUT2D eigenvalue weighted by Crippen LogP contribution is 2.27. The number of nitrogens with one attached hydrogen (secondary N) is 2. The van der Waals surface area contributed by atoms with Crippen LogP contribution in [0.3, 0.4) is 0 Å². The number of sulfonamides is 1. The van der Waals surface area contributed by atoms with Crippen molar-refractivity contribution in [2.24, 2.45) is 0 Å². The number of anilines is 3. The van der Waals surface area contributed by atoms with E-state index in [1.807, 2.05) is 6.07 Å². The number of methoxy groups -OCH3 is 1. The number of hydrogen-bond donors (Lipinski definition) is 2. The van der Waals surface area contributed by atoms with Gasteiger partial charge in [-0.05, 0) is 67.6 Å². The molecule has 9 nitrogen and oxygen atoms in total.